The Hall–Kier alpha value is -2.61. The number of hydrogen-bond acceptors (Lipinski definition) is 3. The highest BCUT2D eigenvalue weighted by Gasteiger charge is 2.07. The van der Waals surface area contributed by atoms with E-state index in [9.17, 15) is 8.78 Å². The van der Waals surface area contributed by atoms with Crippen molar-refractivity contribution >= 4 is 0 Å². The minimum atomic E-state index is -0.632. The molecule has 0 aliphatic carbocycles. The van der Waals surface area contributed by atoms with E-state index in [-0.39, 0.29) is 12.4 Å². The quantitative estimate of drug-likeness (QED) is 0.858. The van der Waals surface area contributed by atoms with Gasteiger partial charge < -0.3 is 9.47 Å². The molecule has 3 nitrogen and oxygen atoms in total. The van der Waals surface area contributed by atoms with E-state index in [0.717, 1.165) is 18.2 Å². The molecule has 102 valence electrons. The Morgan fingerprint density at radius 2 is 1.90 bits per heavy atom. The fraction of sp³-hybridized carbons (Fsp3) is 0.133. The minimum Gasteiger partial charge on any atom is -0.495 e. The number of nitriles is 1. The van der Waals surface area contributed by atoms with Crippen LogP contribution in [-0.2, 0) is 6.61 Å². The summed E-state index contributed by atoms with van der Waals surface area (Å²) >= 11 is 0. The number of ether oxygens (including phenoxy) is 2. The fourth-order valence-corrected chi connectivity index (χ4v) is 1.67. The zero-order valence-electron chi connectivity index (χ0n) is 10.7. The summed E-state index contributed by atoms with van der Waals surface area (Å²) in [5.74, 6) is -0.951. The molecule has 0 unspecified atom stereocenters. The maximum Gasteiger partial charge on any atom is 0.165 e. The molecule has 0 N–H and O–H groups in total. The molecule has 0 bridgehead atoms. The lowest BCUT2D eigenvalue weighted by atomic mass is 10.1. The van der Waals surface area contributed by atoms with Crippen molar-refractivity contribution in [1.82, 2.24) is 0 Å². The van der Waals surface area contributed by atoms with Crippen LogP contribution in [0.2, 0.25) is 0 Å². The van der Waals surface area contributed by atoms with E-state index in [1.54, 1.807) is 18.2 Å². The second kappa shape index (κ2) is 6.02. The summed E-state index contributed by atoms with van der Waals surface area (Å²) < 4.78 is 36.6. The first-order valence-electron chi connectivity index (χ1n) is 5.79. The van der Waals surface area contributed by atoms with Crippen LogP contribution in [0.15, 0.2) is 36.4 Å². The first-order valence-corrected chi connectivity index (χ1v) is 5.79. The topological polar surface area (TPSA) is 42.2 Å². The second-order valence-corrected chi connectivity index (χ2v) is 4.01. The smallest absolute Gasteiger partial charge is 0.165 e. The van der Waals surface area contributed by atoms with Gasteiger partial charge in [-0.2, -0.15) is 5.26 Å². The zero-order valence-corrected chi connectivity index (χ0v) is 10.7. The summed E-state index contributed by atoms with van der Waals surface area (Å²) in [5, 5.41) is 8.86. The molecule has 0 saturated carbocycles. The summed E-state index contributed by atoms with van der Waals surface area (Å²) in [4.78, 5) is 0. The molecule has 20 heavy (non-hydrogen) atoms. The van der Waals surface area contributed by atoms with E-state index in [4.69, 9.17) is 14.7 Å². The van der Waals surface area contributed by atoms with Crippen LogP contribution in [0, 0.1) is 23.0 Å². The average molecular weight is 275 g/mol. The Balaban J connectivity index is 2.15. The molecule has 2 aromatic carbocycles. The van der Waals surface area contributed by atoms with Gasteiger partial charge in [-0.05, 0) is 29.8 Å². The van der Waals surface area contributed by atoms with Gasteiger partial charge in [-0.15, -0.1) is 0 Å². The van der Waals surface area contributed by atoms with Crippen LogP contribution in [0.5, 0.6) is 11.5 Å². The highest BCUT2D eigenvalue weighted by atomic mass is 19.1. The van der Waals surface area contributed by atoms with Crippen LogP contribution in [0.1, 0.15) is 11.1 Å². The largest absolute Gasteiger partial charge is 0.495 e. The Labute approximate surface area is 115 Å². The molecule has 0 atom stereocenters. The number of hydrogen-bond donors (Lipinski definition) is 0. The third kappa shape index (κ3) is 3.04. The van der Waals surface area contributed by atoms with Crippen molar-refractivity contribution in [3.63, 3.8) is 0 Å². The summed E-state index contributed by atoms with van der Waals surface area (Å²) in [6.07, 6.45) is 0. The molecular formula is C15H11F2NO2. The van der Waals surface area contributed by atoms with Crippen LogP contribution in [0.25, 0.3) is 0 Å². The molecule has 2 aromatic rings. The third-order valence-electron chi connectivity index (χ3n) is 2.67. The van der Waals surface area contributed by atoms with Gasteiger partial charge in [-0.3, -0.25) is 0 Å². The van der Waals surface area contributed by atoms with Crippen molar-refractivity contribution in [1.29, 1.82) is 5.26 Å². The second-order valence-electron chi connectivity index (χ2n) is 4.01. The molecule has 0 aliphatic heterocycles. The zero-order chi connectivity index (χ0) is 14.5. The molecule has 0 radical (unpaired) electrons. The first-order chi connectivity index (χ1) is 9.63. The van der Waals surface area contributed by atoms with E-state index in [0.29, 0.717) is 16.9 Å². The van der Waals surface area contributed by atoms with Gasteiger partial charge in [0.2, 0.25) is 0 Å². The highest BCUT2D eigenvalue weighted by molar-refractivity contribution is 5.45. The predicted octanol–water partition coefficient (Wildman–Crippen LogP) is 3.42. The van der Waals surface area contributed by atoms with Crippen LogP contribution in [0.3, 0.4) is 0 Å². The number of nitrogens with zero attached hydrogens (tertiary/aromatic N) is 1. The normalized spacial score (nSPS) is 9.90. The average Bonchev–Trinajstić information content (AvgIpc) is 2.47. The SMILES string of the molecule is COc1cc(COc2cc(F)ccc2F)ccc1C#N. The van der Waals surface area contributed by atoms with Crippen molar-refractivity contribution in [3.05, 3.63) is 59.2 Å². The Kier molecular flexibility index (Phi) is 4.16. The lowest BCUT2D eigenvalue weighted by Gasteiger charge is -2.09. The van der Waals surface area contributed by atoms with Gasteiger partial charge in [0.25, 0.3) is 0 Å². The van der Waals surface area contributed by atoms with Gasteiger partial charge in [-0.1, -0.05) is 6.07 Å². The van der Waals surface area contributed by atoms with Gasteiger partial charge in [0, 0.05) is 6.07 Å². The van der Waals surface area contributed by atoms with Gasteiger partial charge in [0.15, 0.2) is 11.6 Å². The van der Waals surface area contributed by atoms with Crippen LogP contribution >= 0.6 is 0 Å². The molecular weight excluding hydrogens is 264 g/mol. The van der Waals surface area contributed by atoms with E-state index in [1.165, 1.54) is 7.11 Å². The Morgan fingerprint density at radius 1 is 1.10 bits per heavy atom. The van der Waals surface area contributed by atoms with Gasteiger partial charge >= 0.3 is 0 Å². The number of benzene rings is 2. The molecule has 0 amide bonds. The van der Waals surface area contributed by atoms with Gasteiger partial charge in [-0.25, -0.2) is 8.78 Å². The van der Waals surface area contributed by atoms with Crippen molar-refractivity contribution < 1.29 is 18.3 Å². The monoisotopic (exact) mass is 275 g/mol. The molecule has 5 heteroatoms. The minimum absolute atomic E-state index is 0.0441. The first kappa shape index (κ1) is 13.8. The molecule has 0 heterocycles. The fourth-order valence-electron chi connectivity index (χ4n) is 1.67. The molecule has 0 fully saturated rings. The lowest BCUT2D eigenvalue weighted by Crippen LogP contribution is -1.99. The van der Waals surface area contributed by atoms with E-state index in [2.05, 4.69) is 0 Å². The molecule has 0 saturated heterocycles. The van der Waals surface area contributed by atoms with Gasteiger partial charge in [0.05, 0.1) is 12.7 Å². The summed E-state index contributed by atoms with van der Waals surface area (Å²) in [5.41, 5.74) is 1.08. The summed E-state index contributed by atoms with van der Waals surface area (Å²) in [6.45, 7) is 0.0441. The van der Waals surface area contributed by atoms with E-state index in [1.807, 2.05) is 6.07 Å². The maximum absolute atomic E-state index is 13.4. The molecule has 0 aliphatic rings. The van der Waals surface area contributed by atoms with Crippen LogP contribution in [-0.4, -0.2) is 7.11 Å². The number of rotatable bonds is 4. The van der Waals surface area contributed by atoms with E-state index < -0.39 is 11.6 Å². The summed E-state index contributed by atoms with van der Waals surface area (Å²) in [7, 11) is 1.45. The number of methoxy groups -OCH3 is 1. The predicted molar refractivity (Wildman–Crippen MR) is 68.4 cm³/mol. The lowest BCUT2D eigenvalue weighted by molar-refractivity contribution is 0.287. The van der Waals surface area contributed by atoms with Crippen molar-refractivity contribution in [2.75, 3.05) is 7.11 Å². The van der Waals surface area contributed by atoms with Crippen molar-refractivity contribution in [2.45, 2.75) is 6.61 Å². The van der Waals surface area contributed by atoms with Crippen molar-refractivity contribution in [2.24, 2.45) is 0 Å². The van der Waals surface area contributed by atoms with E-state index >= 15 is 0 Å². The van der Waals surface area contributed by atoms with Gasteiger partial charge in [0.1, 0.15) is 24.2 Å². The van der Waals surface area contributed by atoms with Crippen LogP contribution in [0.4, 0.5) is 8.78 Å². The third-order valence-corrected chi connectivity index (χ3v) is 2.67. The Bertz CT molecular complexity index is 665. The Morgan fingerprint density at radius 3 is 2.60 bits per heavy atom. The maximum atomic E-state index is 13.4. The highest BCUT2D eigenvalue weighted by Crippen LogP contribution is 2.22. The molecule has 0 aromatic heterocycles. The number of halogens is 2. The standard InChI is InChI=1S/C15H11F2NO2/c1-19-14-6-10(2-3-11(14)8-18)9-20-15-7-12(16)4-5-13(15)17/h2-7H,9H2,1H3. The summed E-state index contributed by atoms with van der Waals surface area (Å²) in [6, 6.07) is 9.86. The van der Waals surface area contributed by atoms with Crippen LogP contribution < -0.4 is 9.47 Å². The van der Waals surface area contributed by atoms with Crippen molar-refractivity contribution in [3.8, 4) is 17.6 Å². The molecule has 2 rings (SSSR count). The molecule has 0 spiro atoms.